The second kappa shape index (κ2) is 6.29. The first-order valence-electron chi connectivity index (χ1n) is 6.89. The minimum atomic E-state index is -4.60. The molecular weight excluding hydrogens is 363 g/mol. The van der Waals surface area contributed by atoms with Gasteiger partial charge in [-0.3, -0.25) is 4.72 Å². The maximum atomic E-state index is 12.8. The Labute approximate surface area is 143 Å². The van der Waals surface area contributed by atoms with Crippen molar-refractivity contribution in [3.05, 3.63) is 57.6 Å². The molecule has 0 heterocycles. The lowest BCUT2D eigenvalue weighted by Crippen LogP contribution is -2.17. The molecule has 0 amide bonds. The van der Waals surface area contributed by atoms with Crippen LogP contribution in [0, 0.1) is 20.8 Å². The zero-order valence-corrected chi connectivity index (χ0v) is 14.7. The van der Waals surface area contributed by atoms with Crippen LogP contribution in [0.2, 0.25) is 5.02 Å². The molecule has 2 rings (SSSR count). The summed E-state index contributed by atoms with van der Waals surface area (Å²) in [7, 11) is -4.08. The van der Waals surface area contributed by atoms with Crippen molar-refractivity contribution in [1.82, 2.24) is 0 Å². The minimum Gasteiger partial charge on any atom is -0.278 e. The van der Waals surface area contributed by atoms with Crippen LogP contribution in [0.5, 0.6) is 0 Å². The molecule has 3 nitrogen and oxygen atoms in total. The van der Waals surface area contributed by atoms with E-state index in [2.05, 4.69) is 4.72 Å². The maximum Gasteiger partial charge on any atom is 0.416 e. The topological polar surface area (TPSA) is 46.2 Å². The molecule has 8 heteroatoms. The molecule has 0 aliphatic rings. The molecule has 1 N–H and O–H groups in total. The van der Waals surface area contributed by atoms with Gasteiger partial charge in [0, 0.05) is 0 Å². The van der Waals surface area contributed by atoms with Crippen molar-refractivity contribution in [2.45, 2.75) is 31.8 Å². The summed E-state index contributed by atoms with van der Waals surface area (Å²) in [4.78, 5) is 0.0292. The lowest BCUT2D eigenvalue weighted by atomic mass is 10.1. The van der Waals surface area contributed by atoms with Crippen molar-refractivity contribution in [3.63, 3.8) is 0 Å². The Morgan fingerprint density at radius 3 is 2.04 bits per heavy atom. The molecule has 0 unspecified atom stereocenters. The lowest BCUT2D eigenvalue weighted by Gasteiger charge is -2.16. The molecule has 0 spiro atoms. The molecule has 0 fully saturated rings. The summed E-state index contributed by atoms with van der Waals surface area (Å²) in [6.07, 6.45) is -4.60. The van der Waals surface area contributed by atoms with E-state index < -0.39 is 21.8 Å². The molecule has 0 aromatic heterocycles. The molecule has 2 aromatic rings. The molecule has 0 saturated carbocycles. The number of aryl methyl sites for hydroxylation is 3. The van der Waals surface area contributed by atoms with Gasteiger partial charge in [-0.05, 0) is 50.1 Å². The Morgan fingerprint density at radius 1 is 1.00 bits per heavy atom. The highest BCUT2D eigenvalue weighted by molar-refractivity contribution is 7.92. The van der Waals surface area contributed by atoms with Crippen LogP contribution in [0.25, 0.3) is 0 Å². The van der Waals surface area contributed by atoms with Crippen molar-refractivity contribution < 1.29 is 21.6 Å². The van der Waals surface area contributed by atoms with Gasteiger partial charge in [0.15, 0.2) is 0 Å². The number of halogens is 4. The van der Waals surface area contributed by atoms with Crippen LogP contribution >= 0.6 is 11.6 Å². The van der Waals surface area contributed by atoms with Gasteiger partial charge in [0.1, 0.15) is 0 Å². The van der Waals surface area contributed by atoms with Crippen LogP contribution in [0.3, 0.4) is 0 Å². The van der Waals surface area contributed by atoms with E-state index in [1.54, 1.807) is 26.0 Å². The SMILES string of the molecule is Cc1cc(C)c(S(=O)(=O)Nc2cc(C(F)(F)F)ccc2Cl)c(C)c1. The Bertz CT molecular complexity index is 870. The lowest BCUT2D eigenvalue weighted by molar-refractivity contribution is -0.137. The van der Waals surface area contributed by atoms with Gasteiger partial charge in [0.25, 0.3) is 10.0 Å². The number of sulfonamides is 1. The first-order valence-corrected chi connectivity index (χ1v) is 8.75. The summed E-state index contributed by atoms with van der Waals surface area (Å²) in [6.45, 7) is 5.08. The Morgan fingerprint density at radius 2 is 1.54 bits per heavy atom. The third-order valence-electron chi connectivity index (χ3n) is 3.41. The molecule has 2 aromatic carbocycles. The quantitative estimate of drug-likeness (QED) is 0.810. The van der Waals surface area contributed by atoms with Crippen molar-refractivity contribution in [3.8, 4) is 0 Å². The molecule has 24 heavy (non-hydrogen) atoms. The van der Waals surface area contributed by atoms with Crippen LogP contribution in [-0.2, 0) is 16.2 Å². The van der Waals surface area contributed by atoms with Crippen molar-refractivity contribution in [2.75, 3.05) is 4.72 Å². The molecular formula is C16H15ClF3NO2S. The van der Waals surface area contributed by atoms with Gasteiger partial charge in [-0.15, -0.1) is 0 Å². The average Bonchev–Trinajstić information content (AvgIpc) is 2.37. The molecule has 0 atom stereocenters. The zero-order valence-electron chi connectivity index (χ0n) is 13.1. The summed E-state index contributed by atoms with van der Waals surface area (Å²) < 4.78 is 65.8. The molecule has 0 aliphatic heterocycles. The third kappa shape index (κ3) is 3.84. The third-order valence-corrected chi connectivity index (χ3v) is 5.41. The smallest absolute Gasteiger partial charge is 0.278 e. The first kappa shape index (κ1) is 18.6. The van der Waals surface area contributed by atoms with Crippen molar-refractivity contribution in [1.29, 1.82) is 0 Å². The summed E-state index contributed by atoms with van der Waals surface area (Å²) in [5.74, 6) is 0. The van der Waals surface area contributed by atoms with E-state index in [0.29, 0.717) is 17.2 Å². The number of rotatable bonds is 3. The second-order valence-corrected chi connectivity index (χ2v) is 7.55. The van der Waals surface area contributed by atoms with Crippen LogP contribution in [0.1, 0.15) is 22.3 Å². The van der Waals surface area contributed by atoms with Crippen LogP contribution in [0.4, 0.5) is 18.9 Å². The van der Waals surface area contributed by atoms with Gasteiger partial charge >= 0.3 is 6.18 Å². The summed E-state index contributed by atoms with van der Waals surface area (Å²) in [5.41, 5.74) is 0.597. The maximum absolute atomic E-state index is 12.8. The van der Waals surface area contributed by atoms with Gasteiger partial charge in [-0.1, -0.05) is 29.3 Å². The van der Waals surface area contributed by atoms with E-state index in [0.717, 1.165) is 17.7 Å². The Hall–Kier alpha value is -1.73. The fourth-order valence-corrected chi connectivity index (χ4v) is 4.31. The van der Waals surface area contributed by atoms with Gasteiger partial charge in [0.2, 0.25) is 0 Å². The molecule has 130 valence electrons. The van der Waals surface area contributed by atoms with Gasteiger partial charge < -0.3 is 0 Å². The molecule has 0 bridgehead atoms. The summed E-state index contributed by atoms with van der Waals surface area (Å²) in [6, 6.07) is 5.86. The van der Waals surface area contributed by atoms with Crippen LogP contribution in [-0.4, -0.2) is 8.42 Å². The van der Waals surface area contributed by atoms with E-state index in [1.807, 2.05) is 6.92 Å². The monoisotopic (exact) mass is 377 g/mol. The predicted molar refractivity (Wildman–Crippen MR) is 87.9 cm³/mol. The average molecular weight is 378 g/mol. The van der Waals surface area contributed by atoms with E-state index >= 15 is 0 Å². The van der Waals surface area contributed by atoms with Gasteiger partial charge in [-0.2, -0.15) is 13.2 Å². The number of benzene rings is 2. The number of nitrogens with one attached hydrogen (secondary N) is 1. The normalized spacial score (nSPS) is 12.3. The van der Waals surface area contributed by atoms with Gasteiger partial charge in [-0.25, -0.2) is 8.42 Å². The van der Waals surface area contributed by atoms with E-state index in [4.69, 9.17) is 11.6 Å². The van der Waals surface area contributed by atoms with Crippen molar-refractivity contribution in [2.24, 2.45) is 0 Å². The van der Waals surface area contributed by atoms with Crippen LogP contribution in [0.15, 0.2) is 35.2 Å². The molecule has 0 aliphatic carbocycles. The van der Waals surface area contributed by atoms with E-state index in [1.165, 1.54) is 0 Å². The highest BCUT2D eigenvalue weighted by Gasteiger charge is 2.31. The van der Waals surface area contributed by atoms with Crippen LogP contribution < -0.4 is 4.72 Å². The second-order valence-electron chi connectivity index (χ2n) is 5.53. The Kier molecular flexibility index (Phi) is 4.88. The minimum absolute atomic E-state index is 0.0292. The predicted octanol–water partition coefficient (Wildman–Crippen LogP) is 5.08. The first-order chi connectivity index (χ1) is 10.9. The fraction of sp³-hybridized carbons (Fsp3) is 0.250. The Balaban J connectivity index is 2.51. The van der Waals surface area contributed by atoms with Crippen molar-refractivity contribution >= 4 is 27.3 Å². The van der Waals surface area contributed by atoms with Gasteiger partial charge in [0.05, 0.1) is 21.2 Å². The number of alkyl halides is 3. The fourth-order valence-electron chi connectivity index (χ4n) is 2.57. The summed E-state index contributed by atoms with van der Waals surface area (Å²) in [5, 5.41) is -0.117. The highest BCUT2D eigenvalue weighted by atomic mass is 35.5. The van der Waals surface area contributed by atoms with E-state index in [9.17, 15) is 21.6 Å². The molecule has 0 saturated heterocycles. The number of hydrogen-bond acceptors (Lipinski definition) is 2. The summed E-state index contributed by atoms with van der Waals surface area (Å²) >= 11 is 5.85. The highest BCUT2D eigenvalue weighted by Crippen LogP contribution is 2.35. The standard InChI is InChI=1S/C16H15ClF3NO2S/c1-9-6-10(2)15(11(3)7-9)24(22,23)21-14-8-12(16(18,19)20)4-5-13(14)17/h4-8,21H,1-3H3. The zero-order chi connectivity index (χ0) is 18.3. The number of anilines is 1. The number of hydrogen-bond donors (Lipinski definition) is 1. The van der Waals surface area contributed by atoms with E-state index in [-0.39, 0.29) is 15.6 Å². The largest absolute Gasteiger partial charge is 0.416 e. The molecule has 0 radical (unpaired) electrons.